The highest BCUT2D eigenvalue weighted by Gasteiger charge is 2.41. The van der Waals surface area contributed by atoms with Crippen LogP contribution >= 0.6 is 22.9 Å². The molecule has 6 nitrogen and oxygen atoms in total. The molecule has 1 aliphatic carbocycles. The quantitative estimate of drug-likeness (QED) is 0.529. The van der Waals surface area contributed by atoms with Crippen LogP contribution in [0.4, 0.5) is 20.3 Å². The molecular weight excluding hydrogens is 446 g/mol. The van der Waals surface area contributed by atoms with Gasteiger partial charge >= 0.3 is 0 Å². The minimum atomic E-state index is -1.02. The molecule has 1 aromatic carbocycles. The van der Waals surface area contributed by atoms with E-state index in [0.717, 1.165) is 45.8 Å². The summed E-state index contributed by atoms with van der Waals surface area (Å²) < 4.78 is 28.0. The molecule has 2 amide bonds. The second-order valence-electron chi connectivity index (χ2n) is 7.76. The van der Waals surface area contributed by atoms with Crippen LogP contribution in [0.15, 0.2) is 23.7 Å². The molecule has 3 aromatic rings. The summed E-state index contributed by atoms with van der Waals surface area (Å²) in [5, 5.41) is -0.678. The minimum Gasteiger partial charge on any atom is -0.311 e. The van der Waals surface area contributed by atoms with Crippen molar-refractivity contribution < 1.29 is 18.4 Å². The fourth-order valence-electron chi connectivity index (χ4n) is 4.01. The number of carbonyl (C=O) groups is 2. The fraction of sp³-hybridized carbons (Fsp3) is 0.333. The first-order valence-corrected chi connectivity index (χ1v) is 11.1. The fourth-order valence-corrected chi connectivity index (χ4v) is 4.86. The molecule has 1 saturated carbocycles. The van der Waals surface area contributed by atoms with Crippen molar-refractivity contribution in [3.05, 3.63) is 45.9 Å². The number of thiazole rings is 1. The minimum absolute atomic E-state index is 0.153. The van der Waals surface area contributed by atoms with Gasteiger partial charge in [-0.1, -0.05) is 11.6 Å². The van der Waals surface area contributed by atoms with Crippen LogP contribution < -0.4 is 9.80 Å². The number of hydrogen-bond donors (Lipinski definition) is 0. The number of amides is 2. The van der Waals surface area contributed by atoms with Gasteiger partial charge in [0, 0.05) is 13.5 Å². The summed E-state index contributed by atoms with van der Waals surface area (Å²) in [7, 11) is 1.38. The number of aromatic nitrogens is 2. The van der Waals surface area contributed by atoms with E-state index in [-0.39, 0.29) is 24.4 Å². The first kappa shape index (κ1) is 20.3. The first-order chi connectivity index (χ1) is 14.9. The van der Waals surface area contributed by atoms with Crippen LogP contribution in [0, 0.1) is 11.6 Å². The molecule has 3 heterocycles. The van der Waals surface area contributed by atoms with Crippen molar-refractivity contribution in [1.82, 2.24) is 9.97 Å². The van der Waals surface area contributed by atoms with Gasteiger partial charge in [0.25, 0.3) is 0 Å². The third-order valence-electron chi connectivity index (χ3n) is 5.79. The number of rotatable bonds is 4. The molecule has 0 bridgehead atoms. The summed E-state index contributed by atoms with van der Waals surface area (Å²) >= 11 is 7.05. The molecular formula is C21H17ClF2N4O2S. The third kappa shape index (κ3) is 3.36. The second-order valence-corrected chi connectivity index (χ2v) is 8.97. The Balaban J connectivity index is 1.51. The van der Waals surface area contributed by atoms with Crippen molar-refractivity contribution >= 4 is 56.6 Å². The van der Waals surface area contributed by atoms with Crippen LogP contribution in [0.1, 0.15) is 37.2 Å². The van der Waals surface area contributed by atoms with Crippen LogP contribution in [0.2, 0.25) is 5.02 Å². The van der Waals surface area contributed by atoms with Crippen molar-refractivity contribution in [3.63, 3.8) is 0 Å². The van der Waals surface area contributed by atoms with E-state index < -0.39 is 28.6 Å². The molecule has 2 fully saturated rings. The predicted octanol–water partition coefficient (Wildman–Crippen LogP) is 4.66. The number of hydrogen-bond acceptors (Lipinski definition) is 5. The van der Waals surface area contributed by atoms with E-state index in [1.807, 2.05) is 6.07 Å². The molecule has 1 saturated heterocycles. The molecule has 5 rings (SSSR count). The van der Waals surface area contributed by atoms with Crippen LogP contribution in [-0.2, 0) is 9.59 Å². The number of pyridine rings is 1. The largest absolute Gasteiger partial charge is 0.311 e. The van der Waals surface area contributed by atoms with Gasteiger partial charge in [-0.05, 0) is 48.9 Å². The van der Waals surface area contributed by atoms with Gasteiger partial charge in [0.1, 0.15) is 33.0 Å². The topological polar surface area (TPSA) is 66.4 Å². The number of fused-ring (bicyclic) bond motifs is 1. The van der Waals surface area contributed by atoms with Crippen LogP contribution in [0.25, 0.3) is 10.3 Å². The molecule has 1 aliphatic heterocycles. The van der Waals surface area contributed by atoms with Gasteiger partial charge in [-0.25, -0.2) is 18.7 Å². The van der Waals surface area contributed by atoms with Gasteiger partial charge in [0.05, 0.1) is 11.2 Å². The lowest BCUT2D eigenvalue weighted by Gasteiger charge is -2.28. The lowest BCUT2D eigenvalue weighted by atomic mass is 10.1. The highest BCUT2D eigenvalue weighted by atomic mass is 35.5. The second kappa shape index (κ2) is 7.49. The Kier molecular flexibility index (Phi) is 4.90. The van der Waals surface area contributed by atoms with Gasteiger partial charge in [-0.15, -0.1) is 11.3 Å². The number of benzene rings is 1. The maximum Gasteiger partial charge on any atom is 0.250 e. The average molecular weight is 463 g/mol. The van der Waals surface area contributed by atoms with E-state index in [9.17, 15) is 18.4 Å². The smallest absolute Gasteiger partial charge is 0.250 e. The summed E-state index contributed by atoms with van der Waals surface area (Å²) in [6, 6.07) is 3.16. The summed E-state index contributed by atoms with van der Waals surface area (Å²) in [4.78, 5) is 38.2. The highest BCUT2D eigenvalue weighted by Crippen LogP contribution is 2.44. The van der Waals surface area contributed by atoms with Gasteiger partial charge in [0.15, 0.2) is 5.82 Å². The van der Waals surface area contributed by atoms with E-state index in [0.29, 0.717) is 11.7 Å². The molecule has 0 N–H and O–H groups in total. The summed E-state index contributed by atoms with van der Waals surface area (Å²) in [6.45, 7) is 0. The van der Waals surface area contributed by atoms with Gasteiger partial charge < -0.3 is 4.90 Å². The number of halogens is 3. The Morgan fingerprint density at radius 1 is 1.29 bits per heavy atom. The number of carbonyl (C=O) groups excluding carboxylic acids is 2. The van der Waals surface area contributed by atoms with Gasteiger partial charge in [-0.2, -0.15) is 0 Å². The van der Waals surface area contributed by atoms with Crippen LogP contribution in [-0.4, -0.2) is 34.9 Å². The Morgan fingerprint density at radius 3 is 2.81 bits per heavy atom. The molecule has 0 spiro atoms. The Morgan fingerprint density at radius 2 is 2.06 bits per heavy atom. The van der Waals surface area contributed by atoms with Crippen molar-refractivity contribution in [2.75, 3.05) is 16.8 Å². The molecule has 160 valence electrons. The van der Waals surface area contributed by atoms with Gasteiger partial charge in [0.2, 0.25) is 11.8 Å². The van der Waals surface area contributed by atoms with Crippen LogP contribution in [0.3, 0.4) is 0 Å². The highest BCUT2D eigenvalue weighted by molar-refractivity contribution is 7.16. The zero-order chi connectivity index (χ0) is 21.9. The zero-order valence-electron chi connectivity index (χ0n) is 16.4. The Labute approximate surface area is 185 Å². The molecule has 2 aliphatic rings. The maximum absolute atomic E-state index is 14.5. The molecule has 1 atom stereocenters. The van der Waals surface area contributed by atoms with Gasteiger partial charge in [-0.3, -0.25) is 14.5 Å². The lowest BCUT2D eigenvalue weighted by molar-refractivity contribution is -0.121. The van der Waals surface area contributed by atoms with Crippen molar-refractivity contribution in [1.29, 1.82) is 0 Å². The van der Waals surface area contributed by atoms with Crippen molar-refractivity contribution in [3.8, 4) is 0 Å². The summed E-state index contributed by atoms with van der Waals surface area (Å²) in [5.74, 6) is -1.85. The molecule has 10 heteroatoms. The van der Waals surface area contributed by atoms with E-state index in [2.05, 4.69) is 9.97 Å². The van der Waals surface area contributed by atoms with Crippen molar-refractivity contribution in [2.24, 2.45) is 0 Å². The van der Waals surface area contributed by atoms with E-state index >= 15 is 0 Å². The van der Waals surface area contributed by atoms with Crippen LogP contribution in [0.5, 0.6) is 0 Å². The number of nitrogens with zero attached hydrogens (tertiary/aromatic N) is 4. The molecule has 31 heavy (non-hydrogen) atoms. The number of likely N-dealkylation sites (N-methyl/N-ethyl adjacent to an activating group) is 1. The molecule has 0 radical (unpaired) electrons. The lowest BCUT2D eigenvalue weighted by Crippen LogP contribution is -2.46. The number of anilines is 2. The maximum atomic E-state index is 14.5. The first-order valence-electron chi connectivity index (χ1n) is 9.84. The van der Waals surface area contributed by atoms with E-state index in [1.54, 1.807) is 5.51 Å². The summed E-state index contributed by atoms with van der Waals surface area (Å²) in [6.07, 6.45) is 2.57. The monoisotopic (exact) mass is 462 g/mol. The SMILES string of the molecule is CN(C(=O)[C@@H]1CCC(=O)N1c1cc(C2CC2)c2ncsc2n1)c1ccc(F)c(Cl)c1F. The van der Waals surface area contributed by atoms with E-state index in [4.69, 9.17) is 11.6 Å². The average Bonchev–Trinajstić information content (AvgIpc) is 3.37. The standard InChI is InChI=1S/C21H17ClF2N4O2S/c1-27(13-5-4-12(23)17(22)18(13)24)21(30)14-6-7-16(29)28(14)15-8-11(10-2-3-10)19-20(26-15)31-9-25-19/h4-5,8-10,14H,2-3,6-7H2,1H3/t14-/m0/s1. The molecule has 0 unspecified atom stereocenters. The normalized spacial score (nSPS) is 18.8. The zero-order valence-corrected chi connectivity index (χ0v) is 18.0. The third-order valence-corrected chi connectivity index (χ3v) is 6.86. The predicted molar refractivity (Wildman–Crippen MR) is 115 cm³/mol. The van der Waals surface area contributed by atoms with E-state index in [1.165, 1.54) is 23.3 Å². The Bertz CT molecular complexity index is 1230. The summed E-state index contributed by atoms with van der Waals surface area (Å²) in [5.41, 5.74) is 3.44. The van der Waals surface area contributed by atoms with Crippen molar-refractivity contribution in [2.45, 2.75) is 37.6 Å². The molecule has 2 aromatic heterocycles. The Hall–Kier alpha value is -2.65.